The van der Waals surface area contributed by atoms with Crippen molar-refractivity contribution in [2.75, 3.05) is 5.43 Å². The van der Waals surface area contributed by atoms with E-state index in [0.717, 1.165) is 0 Å². The lowest BCUT2D eigenvalue weighted by molar-refractivity contribution is 0.0904. The van der Waals surface area contributed by atoms with E-state index in [1.807, 2.05) is 0 Å². The monoisotopic (exact) mass is 234 g/mol. The molecule has 1 aliphatic carbocycles. The minimum atomic E-state index is -0.160. The molecule has 1 aliphatic rings. The SMILES string of the molecule is CC(C)(NC(=O)c1ccncc1NN)C1CC1. The molecule has 0 radical (unpaired) electrons. The number of hydrogen-bond donors (Lipinski definition) is 3. The van der Waals surface area contributed by atoms with Gasteiger partial charge in [0.05, 0.1) is 17.4 Å². The van der Waals surface area contributed by atoms with Gasteiger partial charge in [0.15, 0.2) is 0 Å². The number of rotatable bonds is 4. The third-order valence-corrected chi connectivity index (χ3v) is 3.25. The quantitative estimate of drug-likeness (QED) is 0.541. The molecule has 0 spiro atoms. The van der Waals surface area contributed by atoms with Gasteiger partial charge in [0.1, 0.15) is 0 Å². The number of nitrogens with two attached hydrogens (primary N) is 1. The smallest absolute Gasteiger partial charge is 0.253 e. The molecule has 1 heterocycles. The molecule has 92 valence electrons. The lowest BCUT2D eigenvalue weighted by atomic mass is 9.98. The Morgan fingerprint density at radius 2 is 2.24 bits per heavy atom. The first-order valence-corrected chi connectivity index (χ1v) is 5.78. The van der Waals surface area contributed by atoms with E-state index in [-0.39, 0.29) is 11.4 Å². The van der Waals surface area contributed by atoms with Crippen molar-refractivity contribution in [3.8, 4) is 0 Å². The molecule has 17 heavy (non-hydrogen) atoms. The molecule has 0 unspecified atom stereocenters. The number of carbonyl (C=O) groups is 1. The van der Waals surface area contributed by atoms with Gasteiger partial charge in [0.2, 0.25) is 0 Å². The molecule has 5 heteroatoms. The minimum absolute atomic E-state index is 0.114. The Labute approximate surface area is 101 Å². The van der Waals surface area contributed by atoms with Gasteiger partial charge in [-0.2, -0.15) is 0 Å². The van der Waals surface area contributed by atoms with Crippen LogP contribution >= 0.6 is 0 Å². The van der Waals surface area contributed by atoms with Gasteiger partial charge in [0.25, 0.3) is 5.91 Å². The largest absolute Gasteiger partial charge is 0.347 e. The van der Waals surface area contributed by atoms with Crippen LogP contribution in [-0.2, 0) is 0 Å². The fraction of sp³-hybridized carbons (Fsp3) is 0.500. The van der Waals surface area contributed by atoms with Crippen molar-refractivity contribution in [1.29, 1.82) is 0 Å². The number of nitrogen functional groups attached to an aromatic ring is 1. The highest BCUT2D eigenvalue weighted by Gasteiger charge is 2.39. The van der Waals surface area contributed by atoms with Crippen LogP contribution < -0.4 is 16.6 Å². The highest BCUT2D eigenvalue weighted by atomic mass is 16.1. The maximum atomic E-state index is 12.1. The fourth-order valence-corrected chi connectivity index (χ4v) is 1.97. The molecule has 5 nitrogen and oxygen atoms in total. The third-order valence-electron chi connectivity index (χ3n) is 3.25. The first kappa shape index (κ1) is 11.9. The van der Waals surface area contributed by atoms with E-state index >= 15 is 0 Å². The molecule has 1 fully saturated rings. The van der Waals surface area contributed by atoms with Crippen molar-refractivity contribution >= 4 is 11.6 Å². The van der Waals surface area contributed by atoms with E-state index in [1.54, 1.807) is 18.5 Å². The first-order valence-electron chi connectivity index (χ1n) is 5.78. The molecule has 2 rings (SSSR count). The summed E-state index contributed by atoms with van der Waals surface area (Å²) in [4.78, 5) is 16.1. The number of nitrogens with one attached hydrogen (secondary N) is 2. The van der Waals surface area contributed by atoms with E-state index in [2.05, 4.69) is 29.6 Å². The number of aromatic nitrogens is 1. The summed E-state index contributed by atoms with van der Waals surface area (Å²) in [5, 5.41) is 3.05. The fourth-order valence-electron chi connectivity index (χ4n) is 1.97. The molecule has 1 aromatic rings. The molecule has 0 saturated heterocycles. The Morgan fingerprint density at radius 1 is 1.53 bits per heavy atom. The number of pyridine rings is 1. The summed E-state index contributed by atoms with van der Waals surface area (Å²) in [5.74, 6) is 5.83. The Kier molecular flexibility index (Phi) is 3.02. The Balaban J connectivity index is 2.14. The maximum absolute atomic E-state index is 12.1. The van der Waals surface area contributed by atoms with E-state index in [4.69, 9.17) is 5.84 Å². The second kappa shape index (κ2) is 4.33. The normalized spacial score (nSPS) is 15.5. The zero-order valence-electron chi connectivity index (χ0n) is 10.2. The van der Waals surface area contributed by atoms with Gasteiger partial charge >= 0.3 is 0 Å². The molecule has 0 aromatic carbocycles. The third kappa shape index (κ3) is 2.55. The van der Waals surface area contributed by atoms with Crippen molar-refractivity contribution < 1.29 is 4.79 Å². The van der Waals surface area contributed by atoms with Gasteiger partial charge in [-0.05, 0) is 38.7 Å². The van der Waals surface area contributed by atoms with Crippen molar-refractivity contribution in [3.63, 3.8) is 0 Å². The Hall–Kier alpha value is -1.62. The minimum Gasteiger partial charge on any atom is -0.347 e. The van der Waals surface area contributed by atoms with Crippen LogP contribution in [0.2, 0.25) is 0 Å². The van der Waals surface area contributed by atoms with Crippen molar-refractivity contribution in [2.24, 2.45) is 11.8 Å². The molecular formula is C12H18N4O. The van der Waals surface area contributed by atoms with Gasteiger partial charge in [-0.3, -0.25) is 15.6 Å². The van der Waals surface area contributed by atoms with Gasteiger partial charge in [-0.15, -0.1) is 0 Å². The van der Waals surface area contributed by atoms with Gasteiger partial charge in [0, 0.05) is 11.7 Å². The van der Waals surface area contributed by atoms with Crippen LogP contribution in [0.25, 0.3) is 0 Å². The zero-order chi connectivity index (χ0) is 12.5. The molecule has 1 saturated carbocycles. The van der Waals surface area contributed by atoms with Crippen LogP contribution in [0.4, 0.5) is 5.69 Å². The second-order valence-electron chi connectivity index (χ2n) is 5.02. The van der Waals surface area contributed by atoms with Crippen LogP contribution in [0.1, 0.15) is 37.0 Å². The van der Waals surface area contributed by atoms with Crippen LogP contribution in [0.15, 0.2) is 18.5 Å². The predicted molar refractivity (Wildman–Crippen MR) is 66.3 cm³/mol. The summed E-state index contributed by atoms with van der Waals surface area (Å²) in [5.41, 5.74) is 3.39. The van der Waals surface area contributed by atoms with Crippen LogP contribution in [0, 0.1) is 5.92 Å². The Bertz CT molecular complexity index is 426. The van der Waals surface area contributed by atoms with Gasteiger partial charge in [-0.25, -0.2) is 0 Å². The summed E-state index contributed by atoms with van der Waals surface area (Å²) < 4.78 is 0. The lowest BCUT2D eigenvalue weighted by Crippen LogP contribution is -2.45. The van der Waals surface area contributed by atoms with Crippen molar-refractivity contribution in [3.05, 3.63) is 24.0 Å². The van der Waals surface area contributed by atoms with Gasteiger partial charge in [-0.1, -0.05) is 0 Å². The van der Waals surface area contributed by atoms with Crippen molar-refractivity contribution in [2.45, 2.75) is 32.2 Å². The summed E-state index contributed by atoms with van der Waals surface area (Å²) >= 11 is 0. The molecule has 0 bridgehead atoms. The Morgan fingerprint density at radius 3 is 2.82 bits per heavy atom. The molecule has 0 atom stereocenters. The number of nitrogens with zero attached hydrogens (tertiary/aromatic N) is 1. The lowest BCUT2D eigenvalue weighted by Gasteiger charge is -2.26. The highest BCUT2D eigenvalue weighted by molar-refractivity contribution is 5.99. The standard InChI is InChI=1S/C12H18N4O/c1-12(2,8-3-4-8)15-11(17)9-5-6-14-7-10(9)16-13/h5-8,16H,3-4,13H2,1-2H3,(H,15,17). The summed E-state index contributed by atoms with van der Waals surface area (Å²) in [6.45, 7) is 4.11. The molecule has 1 aromatic heterocycles. The summed E-state index contributed by atoms with van der Waals surface area (Å²) in [7, 11) is 0. The zero-order valence-corrected chi connectivity index (χ0v) is 10.2. The van der Waals surface area contributed by atoms with Crippen LogP contribution in [-0.4, -0.2) is 16.4 Å². The predicted octanol–water partition coefficient (Wildman–Crippen LogP) is 1.29. The molecular weight excluding hydrogens is 216 g/mol. The number of hydrogen-bond acceptors (Lipinski definition) is 4. The molecule has 4 N–H and O–H groups in total. The van der Waals surface area contributed by atoms with E-state index in [0.29, 0.717) is 17.2 Å². The number of carbonyl (C=O) groups excluding carboxylic acids is 1. The first-order chi connectivity index (χ1) is 8.04. The second-order valence-corrected chi connectivity index (χ2v) is 5.02. The van der Waals surface area contributed by atoms with Crippen LogP contribution in [0.5, 0.6) is 0 Å². The summed E-state index contributed by atoms with van der Waals surface area (Å²) in [6, 6.07) is 1.66. The average Bonchev–Trinajstić information content (AvgIpc) is 3.12. The number of anilines is 1. The maximum Gasteiger partial charge on any atom is 0.253 e. The summed E-state index contributed by atoms with van der Waals surface area (Å²) in [6.07, 6.45) is 5.50. The van der Waals surface area contributed by atoms with E-state index < -0.39 is 0 Å². The van der Waals surface area contributed by atoms with Gasteiger partial charge < -0.3 is 10.7 Å². The highest BCUT2D eigenvalue weighted by Crippen LogP contribution is 2.39. The average molecular weight is 234 g/mol. The van der Waals surface area contributed by atoms with Crippen molar-refractivity contribution in [1.82, 2.24) is 10.3 Å². The molecule has 1 amide bonds. The molecule has 0 aliphatic heterocycles. The van der Waals surface area contributed by atoms with Crippen LogP contribution in [0.3, 0.4) is 0 Å². The topological polar surface area (TPSA) is 80.0 Å². The number of hydrazine groups is 1. The van der Waals surface area contributed by atoms with E-state index in [9.17, 15) is 4.79 Å². The number of amides is 1. The van der Waals surface area contributed by atoms with E-state index in [1.165, 1.54) is 12.8 Å².